The predicted octanol–water partition coefficient (Wildman–Crippen LogP) is 4.93. The van der Waals surface area contributed by atoms with Crippen LogP contribution in [-0.4, -0.2) is 28.3 Å². The van der Waals surface area contributed by atoms with E-state index in [0.717, 1.165) is 16.1 Å². The Morgan fingerprint density at radius 1 is 1.21 bits per heavy atom. The lowest BCUT2D eigenvalue weighted by Crippen LogP contribution is -2.20. The Morgan fingerprint density at radius 3 is 2.57 bits per heavy atom. The summed E-state index contributed by atoms with van der Waals surface area (Å²) in [4.78, 5) is 26.6. The molecule has 3 aromatic rings. The van der Waals surface area contributed by atoms with E-state index in [1.807, 2.05) is 57.2 Å². The molecule has 2 aromatic heterocycles. The third-order valence-corrected chi connectivity index (χ3v) is 5.24. The molecule has 0 saturated carbocycles. The van der Waals surface area contributed by atoms with Crippen molar-refractivity contribution in [1.82, 2.24) is 9.78 Å². The van der Waals surface area contributed by atoms with Gasteiger partial charge in [0.25, 0.3) is 5.91 Å². The molecule has 7 heteroatoms. The van der Waals surface area contributed by atoms with Crippen LogP contribution in [0.4, 0.5) is 5.69 Å². The molecule has 1 amide bonds. The minimum absolute atomic E-state index is 0.0429. The maximum absolute atomic E-state index is 12.9. The fourth-order valence-corrected chi connectivity index (χ4v) is 3.86. The van der Waals surface area contributed by atoms with Crippen molar-refractivity contribution < 1.29 is 14.3 Å². The summed E-state index contributed by atoms with van der Waals surface area (Å²) in [5.41, 5.74) is 2.64. The molecule has 6 nitrogen and oxygen atoms in total. The molecule has 0 aliphatic carbocycles. The van der Waals surface area contributed by atoms with Gasteiger partial charge in [0, 0.05) is 10.9 Å². The second kappa shape index (κ2) is 8.39. The van der Waals surface area contributed by atoms with Crippen molar-refractivity contribution in [1.29, 1.82) is 0 Å². The van der Waals surface area contributed by atoms with Crippen molar-refractivity contribution in [3.63, 3.8) is 0 Å². The first-order valence-electron chi connectivity index (χ1n) is 9.14. The predicted molar refractivity (Wildman–Crippen MR) is 111 cm³/mol. The normalized spacial score (nSPS) is 10.9. The molecule has 2 heterocycles. The second-order valence-electron chi connectivity index (χ2n) is 6.60. The standard InChI is InChI=1S/C21H23N3O3S/c1-5-27-21(26)19-16(12-18(28-19)15-9-7-6-8-10-15)22-20(25)17-11-14(4)23-24(17)13(2)3/h6-13H,5H2,1-4H3,(H,22,25). The summed E-state index contributed by atoms with van der Waals surface area (Å²) in [5, 5.41) is 7.25. The molecule has 3 rings (SSSR count). The topological polar surface area (TPSA) is 73.2 Å². The van der Waals surface area contributed by atoms with Gasteiger partial charge in [-0.15, -0.1) is 11.3 Å². The van der Waals surface area contributed by atoms with Gasteiger partial charge in [-0.1, -0.05) is 30.3 Å². The number of hydrogen-bond acceptors (Lipinski definition) is 5. The molecule has 1 N–H and O–H groups in total. The van der Waals surface area contributed by atoms with Crippen LogP contribution in [0.15, 0.2) is 42.5 Å². The zero-order chi connectivity index (χ0) is 20.3. The van der Waals surface area contributed by atoms with E-state index in [4.69, 9.17) is 4.74 Å². The SMILES string of the molecule is CCOC(=O)c1sc(-c2ccccc2)cc1NC(=O)c1cc(C)nn1C(C)C. The maximum atomic E-state index is 12.9. The molecule has 0 aliphatic rings. The van der Waals surface area contributed by atoms with Crippen molar-refractivity contribution >= 4 is 28.9 Å². The smallest absolute Gasteiger partial charge is 0.350 e. The highest BCUT2D eigenvalue weighted by Gasteiger charge is 2.22. The van der Waals surface area contributed by atoms with Gasteiger partial charge in [0.05, 0.1) is 18.0 Å². The maximum Gasteiger partial charge on any atom is 0.350 e. The van der Waals surface area contributed by atoms with Gasteiger partial charge in [-0.05, 0) is 45.4 Å². The van der Waals surface area contributed by atoms with Crippen LogP contribution in [-0.2, 0) is 4.74 Å². The first-order chi connectivity index (χ1) is 13.4. The zero-order valence-electron chi connectivity index (χ0n) is 16.4. The van der Waals surface area contributed by atoms with E-state index in [1.165, 1.54) is 11.3 Å². The Bertz CT molecular complexity index is 990. The Morgan fingerprint density at radius 2 is 1.93 bits per heavy atom. The second-order valence-corrected chi connectivity index (χ2v) is 7.66. The lowest BCUT2D eigenvalue weighted by molar-refractivity contribution is 0.0533. The average Bonchev–Trinajstić information content (AvgIpc) is 3.26. The van der Waals surface area contributed by atoms with E-state index in [-0.39, 0.29) is 18.6 Å². The number of rotatable bonds is 6. The number of benzene rings is 1. The number of thiophene rings is 1. The van der Waals surface area contributed by atoms with E-state index in [1.54, 1.807) is 17.7 Å². The quantitative estimate of drug-likeness (QED) is 0.599. The lowest BCUT2D eigenvalue weighted by atomic mass is 10.2. The van der Waals surface area contributed by atoms with Crippen LogP contribution in [0, 0.1) is 6.92 Å². The molecular weight excluding hydrogens is 374 g/mol. The number of nitrogens with zero attached hydrogens (tertiary/aromatic N) is 2. The van der Waals surface area contributed by atoms with Gasteiger partial charge < -0.3 is 10.1 Å². The minimum atomic E-state index is -0.446. The summed E-state index contributed by atoms with van der Waals surface area (Å²) in [6.07, 6.45) is 0. The summed E-state index contributed by atoms with van der Waals surface area (Å²) in [6.45, 7) is 7.80. The number of anilines is 1. The fraction of sp³-hybridized carbons (Fsp3) is 0.286. The lowest BCUT2D eigenvalue weighted by Gasteiger charge is -2.11. The van der Waals surface area contributed by atoms with E-state index < -0.39 is 5.97 Å². The summed E-state index contributed by atoms with van der Waals surface area (Å²) >= 11 is 1.30. The molecule has 28 heavy (non-hydrogen) atoms. The molecule has 0 atom stereocenters. The van der Waals surface area contributed by atoms with Crippen molar-refractivity contribution in [2.75, 3.05) is 11.9 Å². The van der Waals surface area contributed by atoms with Crippen molar-refractivity contribution in [2.45, 2.75) is 33.7 Å². The van der Waals surface area contributed by atoms with Gasteiger partial charge in [-0.2, -0.15) is 5.10 Å². The molecular formula is C21H23N3O3S. The molecule has 0 spiro atoms. The van der Waals surface area contributed by atoms with E-state index in [0.29, 0.717) is 16.3 Å². The van der Waals surface area contributed by atoms with Crippen LogP contribution in [0.2, 0.25) is 0 Å². The molecule has 0 saturated heterocycles. The number of carbonyl (C=O) groups is 2. The van der Waals surface area contributed by atoms with Crippen LogP contribution in [0.5, 0.6) is 0 Å². The van der Waals surface area contributed by atoms with E-state index in [9.17, 15) is 9.59 Å². The number of aryl methyl sites for hydroxylation is 1. The summed E-state index contributed by atoms with van der Waals surface area (Å²) in [5.74, 6) is -0.754. The highest BCUT2D eigenvalue weighted by atomic mass is 32.1. The number of carbonyl (C=O) groups excluding carboxylic acids is 2. The Kier molecular flexibility index (Phi) is 5.94. The van der Waals surface area contributed by atoms with Crippen LogP contribution < -0.4 is 5.32 Å². The summed E-state index contributed by atoms with van der Waals surface area (Å²) in [7, 11) is 0. The van der Waals surface area contributed by atoms with Crippen molar-refractivity contribution in [3.05, 3.63) is 58.7 Å². The first kappa shape index (κ1) is 19.8. The van der Waals surface area contributed by atoms with Gasteiger partial charge >= 0.3 is 5.97 Å². The number of amides is 1. The van der Waals surface area contributed by atoms with Crippen molar-refractivity contribution in [3.8, 4) is 10.4 Å². The van der Waals surface area contributed by atoms with Crippen LogP contribution in [0.3, 0.4) is 0 Å². The fourth-order valence-electron chi connectivity index (χ4n) is 2.84. The summed E-state index contributed by atoms with van der Waals surface area (Å²) < 4.78 is 6.85. The highest BCUT2D eigenvalue weighted by Crippen LogP contribution is 2.35. The number of ether oxygens (including phenoxy) is 1. The summed E-state index contributed by atoms with van der Waals surface area (Å²) in [6, 6.07) is 13.3. The Balaban J connectivity index is 1.97. The molecule has 0 fully saturated rings. The van der Waals surface area contributed by atoms with Crippen molar-refractivity contribution in [2.24, 2.45) is 0 Å². The molecule has 0 unspecified atom stereocenters. The Labute approximate surface area is 168 Å². The number of nitrogens with one attached hydrogen (secondary N) is 1. The Hall–Kier alpha value is -2.93. The average molecular weight is 398 g/mol. The molecule has 0 aliphatic heterocycles. The van der Waals surface area contributed by atoms with Gasteiger partial charge in [0.2, 0.25) is 0 Å². The van der Waals surface area contributed by atoms with Gasteiger partial charge in [-0.25, -0.2) is 4.79 Å². The van der Waals surface area contributed by atoms with Gasteiger partial charge in [0.15, 0.2) is 0 Å². The van der Waals surface area contributed by atoms with Gasteiger partial charge in [0.1, 0.15) is 10.6 Å². The molecule has 146 valence electrons. The van der Waals surface area contributed by atoms with E-state index in [2.05, 4.69) is 10.4 Å². The first-order valence-corrected chi connectivity index (χ1v) is 9.96. The third-order valence-electron chi connectivity index (χ3n) is 4.08. The molecule has 1 aromatic carbocycles. The third kappa shape index (κ3) is 4.14. The van der Waals surface area contributed by atoms with Crippen LogP contribution in [0.25, 0.3) is 10.4 Å². The van der Waals surface area contributed by atoms with Crippen LogP contribution in [0.1, 0.15) is 52.7 Å². The van der Waals surface area contributed by atoms with Gasteiger partial charge in [-0.3, -0.25) is 9.48 Å². The monoisotopic (exact) mass is 397 g/mol. The van der Waals surface area contributed by atoms with E-state index >= 15 is 0 Å². The number of esters is 1. The molecule has 0 radical (unpaired) electrons. The zero-order valence-corrected chi connectivity index (χ0v) is 17.2. The largest absolute Gasteiger partial charge is 0.462 e. The highest BCUT2D eigenvalue weighted by molar-refractivity contribution is 7.18. The minimum Gasteiger partial charge on any atom is -0.462 e. The number of aromatic nitrogens is 2. The molecule has 0 bridgehead atoms. The van der Waals surface area contributed by atoms with Crippen LogP contribution >= 0.6 is 11.3 Å². The number of hydrogen-bond donors (Lipinski definition) is 1.